The molecule has 0 fully saturated rings. The summed E-state index contributed by atoms with van der Waals surface area (Å²) in [5.74, 6) is 11.2. The van der Waals surface area contributed by atoms with Gasteiger partial charge in [0.15, 0.2) is 17.5 Å². The number of rotatable bonds is 21. The van der Waals surface area contributed by atoms with E-state index >= 15 is 0 Å². The van der Waals surface area contributed by atoms with Crippen LogP contribution in [0.1, 0.15) is 383 Å². The molecule has 0 aliphatic carbocycles. The Labute approximate surface area is 820 Å². The Kier molecular flexibility index (Phi) is 98.2. The monoisotopic (exact) mass is 1920 g/mol. The van der Waals surface area contributed by atoms with Gasteiger partial charge in [-0.3, -0.25) is 38.8 Å². The zero-order chi connectivity index (χ0) is 108. The minimum atomic E-state index is -0.241. The first kappa shape index (κ1) is 145. The van der Waals surface area contributed by atoms with E-state index in [1.165, 1.54) is 23.5 Å². The van der Waals surface area contributed by atoms with Gasteiger partial charge >= 0.3 is 0 Å². The summed E-state index contributed by atoms with van der Waals surface area (Å²) in [4.78, 5) is 89.1. The molecule has 0 bridgehead atoms. The van der Waals surface area contributed by atoms with Crippen molar-refractivity contribution in [1.29, 1.82) is 0 Å². The van der Waals surface area contributed by atoms with Crippen molar-refractivity contribution >= 4 is 41.0 Å². The summed E-state index contributed by atoms with van der Waals surface area (Å²) in [7, 11) is 0. The number of aliphatic imine (C=N–C) groups is 2. The third-order valence-electron chi connectivity index (χ3n) is 15.0. The van der Waals surface area contributed by atoms with Crippen LogP contribution in [0.15, 0.2) is 121 Å². The molecule has 1 unspecified atom stereocenters. The van der Waals surface area contributed by atoms with Crippen LogP contribution in [0, 0.1) is 76.9 Å². The number of primary amides is 2. The fraction of sp³-hybridized carbons (Fsp3) is 0.717. The Morgan fingerprint density at radius 3 is 0.809 bits per heavy atom. The van der Waals surface area contributed by atoms with Crippen LogP contribution in [0.2, 0.25) is 0 Å². The van der Waals surface area contributed by atoms with E-state index in [4.69, 9.17) is 28.0 Å². The highest BCUT2D eigenvalue weighted by Gasteiger charge is 2.12. The number of amidine groups is 2. The molecule has 37 heteroatoms. The number of hydrogen-bond acceptors (Lipinski definition) is 24. The van der Waals surface area contributed by atoms with Crippen molar-refractivity contribution in [3.05, 3.63) is 135 Å². The molecule has 4 amide bonds. The number of nitrogens with one attached hydrogen (secondary N) is 9. The Bertz CT molecular complexity index is 3630. The number of hydrogen-bond donors (Lipinski definition) is 15. The quantitative estimate of drug-likeness (QED) is 0.0180. The summed E-state index contributed by atoms with van der Waals surface area (Å²) in [6, 6.07) is 11.0. The van der Waals surface area contributed by atoms with E-state index in [2.05, 4.69) is 239 Å². The number of tetrazole rings is 3. The SMILES string of the molecule is CC(C)/C=C(\O)C(C)C.CC(C)C.CC(C)C.CC(C)C(N)=O.CC(C)C(N)=O.CC(C)C1=NN=NC1.CC(C)CC(O)C(C)C.CC(C)N=C(N)C(C)C.CC(C)N=C(N)C(C)C.CC(C)NC(=O)C(C)C.CC(C)NC(=O)C(C)C.CC(C)c1cnc[nH]1.CC(C)c1cnc[nH]1.CC(C)c1nn[nH]n1.CC(C)c1nn[nH]n1.CC(C)c1nn[nH]n1.O=c1cccc[nH]1.O=c1cccc[nH]1. The molecule has 37 nitrogen and oxygen atoms in total. The van der Waals surface area contributed by atoms with Crippen LogP contribution in [-0.4, -0.2) is 180 Å². The molecule has 0 spiro atoms. The first-order valence-electron chi connectivity index (χ1n) is 47.9. The number of aromatic nitrogens is 18. The second-order valence-electron chi connectivity index (χ2n) is 38.9. The van der Waals surface area contributed by atoms with Crippen LogP contribution in [0.25, 0.3) is 0 Å². The number of allylic oxidation sites excluding steroid dienone is 2. The largest absolute Gasteiger partial charge is 0.512 e. The molecule has 8 rings (SSSR count). The Morgan fingerprint density at radius 1 is 0.419 bits per heavy atom. The van der Waals surface area contributed by atoms with Gasteiger partial charge in [0.25, 0.3) is 0 Å². The molecule has 0 aromatic carbocycles. The highest BCUT2D eigenvalue weighted by molar-refractivity contribution is 5.88. The van der Waals surface area contributed by atoms with Crippen molar-refractivity contribution in [1.82, 2.24) is 102 Å². The summed E-state index contributed by atoms with van der Waals surface area (Å²) in [5, 5.41) is 75.1. The second kappa shape index (κ2) is 91.9. The summed E-state index contributed by atoms with van der Waals surface area (Å²) in [6.07, 6.45) is 13.0. The van der Waals surface area contributed by atoms with Gasteiger partial charge in [0.1, 0.15) is 6.54 Å². The van der Waals surface area contributed by atoms with Gasteiger partial charge in [-0.25, -0.2) is 9.97 Å². The predicted molar refractivity (Wildman–Crippen MR) is 565 cm³/mol. The maximum absolute atomic E-state index is 10.8. The van der Waals surface area contributed by atoms with E-state index in [-0.39, 0.29) is 82.5 Å². The van der Waals surface area contributed by atoms with Crippen LogP contribution >= 0.6 is 0 Å². The molecule has 0 radical (unpaired) electrons. The molecule has 8 heterocycles. The van der Waals surface area contributed by atoms with Crippen molar-refractivity contribution in [2.45, 2.75) is 385 Å². The van der Waals surface area contributed by atoms with Gasteiger partial charge in [0.2, 0.25) is 34.7 Å². The van der Waals surface area contributed by atoms with Crippen molar-refractivity contribution in [2.24, 2.45) is 125 Å². The molecule has 0 saturated carbocycles. The summed E-state index contributed by atoms with van der Waals surface area (Å²) >= 11 is 0. The number of imidazole rings is 2. The maximum Gasteiger partial charge on any atom is 0.247 e. The van der Waals surface area contributed by atoms with E-state index in [1.807, 2.05) is 198 Å². The molecule has 136 heavy (non-hydrogen) atoms. The lowest BCUT2D eigenvalue weighted by Crippen LogP contribution is -2.33. The second-order valence-corrected chi connectivity index (χ2v) is 38.9. The fourth-order valence-electron chi connectivity index (χ4n) is 6.77. The van der Waals surface area contributed by atoms with Crippen LogP contribution < -0.4 is 44.7 Å². The minimum Gasteiger partial charge on any atom is -0.512 e. The minimum absolute atomic E-state index is 0.00926. The van der Waals surface area contributed by atoms with Gasteiger partial charge in [-0.05, 0) is 133 Å². The van der Waals surface area contributed by atoms with Crippen LogP contribution in [0.3, 0.4) is 0 Å². The Hall–Kier alpha value is -10.9. The number of H-pyrrole nitrogens is 7. The van der Waals surface area contributed by atoms with Crippen LogP contribution in [-0.2, 0) is 19.2 Å². The normalized spacial score (nSPS) is 11.3. The molecular weight excluding hydrogens is 1720 g/mol. The van der Waals surface area contributed by atoms with Gasteiger partial charge in [0, 0.05) is 132 Å². The molecule has 0 saturated heterocycles. The van der Waals surface area contributed by atoms with E-state index in [9.17, 15) is 33.9 Å². The number of aromatic amines is 7. The lowest BCUT2D eigenvalue weighted by atomic mass is 9.98. The molecule has 1 atom stereocenters. The number of nitrogens with zero attached hydrogens (tertiary/aromatic N) is 16. The number of pyridine rings is 2. The molecule has 7 aromatic heterocycles. The maximum atomic E-state index is 10.8. The van der Waals surface area contributed by atoms with E-state index < -0.39 is 0 Å². The number of aliphatic hydroxyl groups excluding tert-OH is 2. The molecule has 1 aliphatic heterocycles. The van der Waals surface area contributed by atoms with Gasteiger partial charge in [-0.15, -0.1) is 35.7 Å². The van der Waals surface area contributed by atoms with Crippen LogP contribution in [0.5, 0.6) is 0 Å². The Morgan fingerprint density at radius 2 is 0.721 bits per heavy atom. The smallest absolute Gasteiger partial charge is 0.247 e. The molecular formula is C99H197N29O8. The number of nitrogens with two attached hydrogens (primary N) is 4. The lowest BCUT2D eigenvalue weighted by Gasteiger charge is -2.15. The summed E-state index contributed by atoms with van der Waals surface area (Å²) in [6.45, 7) is 93.7. The van der Waals surface area contributed by atoms with Crippen LogP contribution in [0.4, 0.5) is 0 Å². The van der Waals surface area contributed by atoms with E-state index in [0.29, 0.717) is 89.5 Å². The topological polar surface area (TPSA) is 585 Å². The van der Waals surface area contributed by atoms with Gasteiger partial charge in [0.05, 0.1) is 41.9 Å². The van der Waals surface area contributed by atoms with Gasteiger partial charge in [-0.2, -0.15) is 20.8 Å². The first-order chi connectivity index (χ1) is 62.6. The number of aliphatic hydroxyl groups is 2. The average Bonchev–Trinajstić information content (AvgIpc) is 1.84. The van der Waals surface area contributed by atoms with E-state index in [1.54, 1.807) is 77.0 Å². The first-order valence-corrected chi connectivity index (χ1v) is 47.9. The highest BCUT2D eigenvalue weighted by atomic mass is 16.3. The zero-order valence-corrected chi connectivity index (χ0v) is 93.0. The lowest BCUT2D eigenvalue weighted by molar-refractivity contribution is -0.125. The third kappa shape index (κ3) is 114. The standard InChI is InChI=1S/C8H18O.C8H16O.2C7H16N2.2C7H15NO.2C6H10N2.C5H9N3.2C5H5NO.3C4H8N4.2C4H9NO.2C4H10/c2*1-6(2)5-8(9)7(3)4;2*1-5(2)7(8)9-6(3)4;2*1-5(2)7(9)8-6(3)4;2*1-5(2)6-3-7-4-8-6;1-4(2)5-3-6-8-7-5;2*7-5-3-1-2-4-6-5;3*1-3(2)4-5-7-8-6-4;2*1-3(2)4(5)6;2*1-4(2)3/h6-9H,5H2,1-4H3;5-7,9H,1-4H3;2*5-6H,1-4H3,(H2,8,9);2*5-6H,1-4H3,(H,8,9);2*3-5H,1-2H3,(H,7,8);4H,3H2,1-2H3;2*1-4H,(H,6,7);3*3H,1-2H3,(H,5,6,7,8);2*3H,1-2H3,(H2,5,6);2*4H,1-3H3/b;8-5-;;;;;;;;;;;;;;;;. The van der Waals surface area contributed by atoms with E-state index in [0.717, 1.165) is 53.1 Å². The molecule has 1 aliphatic rings. The number of carbonyl (C=O) groups excluding carboxylic acids is 4. The van der Waals surface area contributed by atoms with Crippen molar-refractivity contribution in [3.63, 3.8) is 0 Å². The Balaban J connectivity index is -0.000000155. The van der Waals surface area contributed by atoms with Gasteiger partial charge in [-0.1, -0.05) is 291 Å². The van der Waals surface area contributed by atoms with Crippen molar-refractivity contribution < 1.29 is 29.4 Å². The number of carbonyl (C=O) groups is 4. The molecule has 786 valence electrons. The zero-order valence-electron chi connectivity index (χ0n) is 93.0. The molecule has 7 aromatic rings. The third-order valence-corrected chi connectivity index (χ3v) is 15.0. The molecule has 19 N–H and O–H groups in total. The predicted octanol–water partition coefficient (Wildman–Crippen LogP) is 19.8. The van der Waals surface area contributed by atoms with Crippen molar-refractivity contribution in [3.8, 4) is 0 Å². The number of amides is 4. The average molecular weight is 1920 g/mol. The fourth-order valence-corrected chi connectivity index (χ4v) is 6.77. The summed E-state index contributed by atoms with van der Waals surface area (Å²) < 4.78 is 0. The summed E-state index contributed by atoms with van der Waals surface area (Å²) in [5.41, 5.74) is 24.1. The van der Waals surface area contributed by atoms with Crippen molar-refractivity contribution in [2.75, 3.05) is 6.54 Å². The van der Waals surface area contributed by atoms with Gasteiger partial charge < -0.3 is 63.7 Å². The highest BCUT2D eigenvalue weighted by Crippen LogP contribution is 2.13.